The summed E-state index contributed by atoms with van der Waals surface area (Å²) in [6, 6.07) is 5.82. The molecular formula is C12H12N4OS. The van der Waals surface area contributed by atoms with E-state index in [-0.39, 0.29) is 6.03 Å². The molecule has 1 aliphatic rings. The highest BCUT2D eigenvalue weighted by atomic mass is 32.1. The van der Waals surface area contributed by atoms with Crippen molar-refractivity contribution in [3.63, 3.8) is 0 Å². The molecule has 0 spiro atoms. The summed E-state index contributed by atoms with van der Waals surface area (Å²) in [6.45, 7) is 0.606. The fourth-order valence-corrected chi connectivity index (χ4v) is 2.54. The van der Waals surface area contributed by atoms with Crippen molar-refractivity contribution in [2.45, 2.75) is 6.54 Å². The molecule has 3 N–H and O–H groups in total. The first-order valence-electron chi connectivity index (χ1n) is 5.50. The van der Waals surface area contributed by atoms with Crippen molar-refractivity contribution in [1.29, 1.82) is 0 Å². The summed E-state index contributed by atoms with van der Waals surface area (Å²) in [5.74, 6) is 0. The second-order valence-corrected chi connectivity index (χ2v) is 5.12. The maximum atomic E-state index is 11.5. The van der Waals surface area contributed by atoms with Crippen LogP contribution in [0, 0.1) is 0 Å². The summed E-state index contributed by atoms with van der Waals surface area (Å²) in [5.41, 5.74) is 9.48. The average molecular weight is 260 g/mol. The number of aromatic nitrogens is 1. The van der Waals surface area contributed by atoms with Crippen molar-refractivity contribution in [1.82, 2.24) is 9.88 Å². The molecule has 92 valence electrons. The number of nitrogens with one attached hydrogen (secondary N) is 1. The lowest BCUT2D eigenvalue weighted by Gasteiger charge is -2.26. The van der Waals surface area contributed by atoms with Crippen molar-refractivity contribution < 1.29 is 4.79 Å². The molecule has 2 amide bonds. The van der Waals surface area contributed by atoms with Crippen LogP contribution >= 0.6 is 11.3 Å². The number of rotatable bonds is 1. The molecule has 0 atom stereocenters. The predicted octanol–water partition coefficient (Wildman–Crippen LogP) is 2.37. The van der Waals surface area contributed by atoms with E-state index in [9.17, 15) is 4.79 Å². The minimum Gasteiger partial charge on any atom is -0.375 e. The molecule has 0 radical (unpaired) electrons. The highest BCUT2D eigenvalue weighted by Gasteiger charge is 2.19. The van der Waals surface area contributed by atoms with E-state index < -0.39 is 0 Å². The third kappa shape index (κ3) is 1.80. The first kappa shape index (κ1) is 11.0. The van der Waals surface area contributed by atoms with Crippen LogP contribution in [0.1, 0.15) is 5.56 Å². The Morgan fingerprint density at radius 1 is 1.50 bits per heavy atom. The number of fused-ring (bicyclic) bond motifs is 1. The molecule has 0 aliphatic carbocycles. The third-order valence-corrected chi connectivity index (χ3v) is 3.59. The first-order valence-corrected chi connectivity index (χ1v) is 6.38. The predicted molar refractivity (Wildman–Crippen MR) is 72.4 cm³/mol. The number of carbonyl (C=O) groups is 1. The van der Waals surface area contributed by atoms with Crippen molar-refractivity contribution in [3.8, 4) is 11.3 Å². The van der Waals surface area contributed by atoms with Gasteiger partial charge in [-0.15, -0.1) is 11.3 Å². The molecule has 6 heteroatoms. The van der Waals surface area contributed by atoms with Gasteiger partial charge in [0.2, 0.25) is 0 Å². The van der Waals surface area contributed by atoms with Gasteiger partial charge < -0.3 is 16.0 Å². The Balaban J connectivity index is 2.01. The molecule has 0 saturated carbocycles. The van der Waals surface area contributed by atoms with Crippen LogP contribution in [0.2, 0.25) is 0 Å². The molecule has 1 aliphatic heterocycles. The largest absolute Gasteiger partial charge is 0.375 e. The van der Waals surface area contributed by atoms with Gasteiger partial charge in [0.1, 0.15) is 0 Å². The highest BCUT2D eigenvalue weighted by molar-refractivity contribution is 7.13. The lowest BCUT2D eigenvalue weighted by molar-refractivity contribution is 0.218. The summed E-state index contributed by atoms with van der Waals surface area (Å²) in [4.78, 5) is 17.4. The van der Waals surface area contributed by atoms with Gasteiger partial charge in [-0.2, -0.15) is 0 Å². The summed E-state index contributed by atoms with van der Waals surface area (Å²) in [5, 5.41) is 5.33. The number of anilines is 2. The van der Waals surface area contributed by atoms with E-state index in [4.69, 9.17) is 5.73 Å². The van der Waals surface area contributed by atoms with Crippen LogP contribution in [0.25, 0.3) is 11.3 Å². The van der Waals surface area contributed by atoms with Crippen LogP contribution in [-0.4, -0.2) is 23.0 Å². The second kappa shape index (κ2) is 3.99. The standard InChI is InChI=1S/C12H12N4OS/c1-16-5-8-4-7(10-6-18-11(13)14-10)2-3-9(8)15-12(16)17/h2-4,6H,5H2,1H3,(H2,13,14)(H,15,17). The van der Waals surface area contributed by atoms with E-state index in [0.29, 0.717) is 11.7 Å². The van der Waals surface area contributed by atoms with Crippen LogP contribution in [0.4, 0.5) is 15.6 Å². The van der Waals surface area contributed by atoms with Gasteiger partial charge in [-0.3, -0.25) is 0 Å². The molecule has 0 unspecified atom stereocenters. The normalized spacial score (nSPS) is 14.3. The molecule has 1 aromatic heterocycles. The zero-order valence-electron chi connectivity index (χ0n) is 9.80. The fourth-order valence-electron chi connectivity index (χ4n) is 1.96. The van der Waals surface area contributed by atoms with E-state index in [1.807, 2.05) is 23.6 Å². The van der Waals surface area contributed by atoms with Gasteiger partial charge in [0.25, 0.3) is 0 Å². The molecule has 0 fully saturated rings. The number of hydrogen-bond donors (Lipinski definition) is 2. The zero-order valence-corrected chi connectivity index (χ0v) is 10.6. The summed E-state index contributed by atoms with van der Waals surface area (Å²) < 4.78 is 0. The molecule has 1 aromatic carbocycles. The molecule has 2 aromatic rings. The van der Waals surface area contributed by atoms with Crippen LogP contribution in [0.5, 0.6) is 0 Å². The summed E-state index contributed by atoms with van der Waals surface area (Å²) >= 11 is 1.42. The third-order valence-electron chi connectivity index (χ3n) is 2.92. The Hall–Kier alpha value is -2.08. The lowest BCUT2D eigenvalue weighted by atomic mass is 10.0. The Kier molecular flexibility index (Phi) is 2.45. The molecule has 3 rings (SSSR count). The minimum atomic E-state index is -0.0758. The van der Waals surface area contributed by atoms with Gasteiger partial charge >= 0.3 is 6.03 Å². The highest BCUT2D eigenvalue weighted by Crippen LogP contribution is 2.29. The number of thiazole rings is 1. The van der Waals surface area contributed by atoms with Gasteiger partial charge in [0.15, 0.2) is 5.13 Å². The maximum Gasteiger partial charge on any atom is 0.321 e. The topological polar surface area (TPSA) is 71.2 Å². The van der Waals surface area contributed by atoms with Crippen molar-refractivity contribution in [2.24, 2.45) is 0 Å². The molecule has 0 bridgehead atoms. The van der Waals surface area contributed by atoms with Gasteiger partial charge in [-0.25, -0.2) is 9.78 Å². The molecule has 0 saturated heterocycles. The van der Waals surface area contributed by atoms with Gasteiger partial charge in [0.05, 0.1) is 5.69 Å². The number of benzene rings is 1. The van der Waals surface area contributed by atoms with E-state index >= 15 is 0 Å². The maximum absolute atomic E-state index is 11.5. The summed E-state index contributed by atoms with van der Waals surface area (Å²) in [7, 11) is 1.77. The van der Waals surface area contributed by atoms with E-state index in [0.717, 1.165) is 22.5 Å². The Bertz CT molecular complexity index is 622. The van der Waals surface area contributed by atoms with E-state index in [2.05, 4.69) is 10.3 Å². The number of nitrogen functional groups attached to an aromatic ring is 1. The average Bonchev–Trinajstić information content (AvgIpc) is 2.77. The number of hydrogen-bond acceptors (Lipinski definition) is 4. The lowest BCUT2D eigenvalue weighted by Crippen LogP contribution is -2.35. The summed E-state index contributed by atoms with van der Waals surface area (Å²) in [6.07, 6.45) is 0. The second-order valence-electron chi connectivity index (χ2n) is 4.23. The number of carbonyl (C=O) groups excluding carboxylic acids is 1. The number of nitrogens with zero attached hydrogens (tertiary/aromatic N) is 2. The zero-order chi connectivity index (χ0) is 12.7. The van der Waals surface area contributed by atoms with E-state index in [1.165, 1.54) is 11.3 Å². The van der Waals surface area contributed by atoms with Crippen LogP contribution < -0.4 is 11.1 Å². The molecule has 5 nitrogen and oxygen atoms in total. The number of nitrogens with two attached hydrogens (primary N) is 1. The van der Waals surface area contributed by atoms with Gasteiger partial charge in [0, 0.05) is 30.2 Å². The first-order chi connectivity index (χ1) is 8.63. The number of urea groups is 1. The SMILES string of the molecule is CN1Cc2cc(-c3csc(N)n3)ccc2NC1=O. The van der Waals surface area contributed by atoms with E-state index in [1.54, 1.807) is 11.9 Å². The quantitative estimate of drug-likeness (QED) is 0.827. The minimum absolute atomic E-state index is 0.0758. The monoisotopic (exact) mass is 260 g/mol. The molecular weight excluding hydrogens is 248 g/mol. The Morgan fingerprint density at radius 2 is 2.33 bits per heavy atom. The smallest absolute Gasteiger partial charge is 0.321 e. The molecule has 2 heterocycles. The fraction of sp³-hybridized carbons (Fsp3) is 0.167. The van der Waals surface area contributed by atoms with Crippen molar-refractivity contribution in [2.75, 3.05) is 18.1 Å². The molecule has 18 heavy (non-hydrogen) atoms. The van der Waals surface area contributed by atoms with Crippen molar-refractivity contribution >= 4 is 28.2 Å². The van der Waals surface area contributed by atoms with Gasteiger partial charge in [-0.05, 0) is 17.7 Å². The van der Waals surface area contributed by atoms with Crippen LogP contribution in [0.15, 0.2) is 23.6 Å². The Morgan fingerprint density at radius 3 is 3.06 bits per heavy atom. The van der Waals surface area contributed by atoms with Crippen molar-refractivity contribution in [3.05, 3.63) is 29.1 Å². The Labute approximate surface area is 108 Å². The van der Waals surface area contributed by atoms with Crippen LogP contribution in [-0.2, 0) is 6.54 Å². The van der Waals surface area contributed by atoms with Crippen LogP contribution in [0.3, 0.4) is 0 Å². The van der Waals surface area contributed by atoms with Gasteiger partial charge in [-0.1, -0.05) is 6.07 Å². The number of amides is 2.